The second-order valence-electron chi connectivity index (χ2n) is 4.00. The van der Waals surface area contributed by atoms with Crippen molar-refractivity contribution in [2.24, 2.45) is 0 Å². The van der Waals surface area contributed by atoms with E-state index in [4.69, 9.17) is 9.63 Å². The zero-order chi connectivity index (χ0) is 13.4. The number of carbonyl (C=O) groups is 1. The van der Waals surface area contributed by atoms with E-state index in [-0.39, 0.29) is 18.7 Å². The van der Waals surface area contributed by atoms with Crippen LogP contribution in [0.3, 0.4) is 0 Å². The first-order valence-corrected chi connectivity index (χ1v) is 6.10. The molecule has 1 unspecified atom stereocenters. The van der Waals surface area contributed by atoms with Crippen LogP contribution in [0.15, 0.2) is 4.52 Å². The number of amides is 2. The minimum atomic E-state index is -0.244. The van der Waals surface area contributed by atoms with Gasteiger partial charge in [0.25, 0.3) is 0 Å². The zero-order valence-electron chi connectivity index (χ0n) is 10.8. The summed E-state index contributed by atoms with van der Waals surface area (Å²) < 4.78 is 4.92. The van der Waals surface area contributed by atoms with Crippen LogP contribution in [0.25, 0.3) is 0 Å². The van der Waals surface area contributed by atoms with Crippen LogP contribution in [0.5, 0.6) is 0 Å². The van der Waals surface area contributed by atoms with Crippen molar-refractivity contribution in [3.05, 3.63) is 11.7 Å². The number of rotatable bonds is 7. The topological polar surface area (TPSA) is 100 Å². The Morgan fingerprint density at radius 2 is 2.33 bits per heavy atom. The number of aromatic nitrogens is 2. The Morgan fingerprint density at radius 3 is 2.89 bits per heavy atom. The van der Waals surface area contributed by atoms with Crippen molar-refractivity contribution in [3.63, 3.8) is 0 Å². The molecule has 1 heterocycles. The molecule has 1 atom stereocenters. The predicted molar refractivity (Wildman–Crippen MR) is 65.1 cm³/mol. The normalized spacial score (nSPS) is 12.2. The molecule has 0 fully saturated rings. The first-order chi connectivity index (χ1) is 8.65. The molecule has 3 N–H and O–H groups in total. The van der Waals surface area contributed by atoms with E-state index in [1.165, 1.54) is 0 Å². The summed E-state index contributed by atoms with van der Waals surface area (Å²) in [5.74, 6) is 1.10. The highest BCUT2D eigenvalue weighted by Crippen LogP contribution is 1.97. The van der Waals surface area contributed by atoms with Crippen molar-refractivity contribution in [1.29, 1.82) is 0 Å². The van der Waals surface area contributed by atoms with Gasteiger partial charge in [-0.05, 0) is 19.8 Å². The fourth-order valence-corrected chi connectivity index (χ4v) is 1.50. The second kappa shape index (κ2) is 7.65. The molecule has 0 aliphatic rings. The summed E-state index contributed by atoms with van der Waals surface area (Å²) in [5, 5.41) is 18.0. The zero-order valence-corrected chi connectivity index (χ0v) is 10.8. The molecule has 18 heavy (non-hydrogen) atoms. The first kappa shape index (κ1) is 14.4. The lowest BCUT2D eigenvalue weighted by Gasteiger charge is -2.15. The number of aryl methyl sites for hydroxylation is 1. The Hall–Kier alpha value is -1.63. The van der Waals surface area contributed by atoms with Gasteiger partial charge in [0.05, 0.1) is 0 Å². The Bertz CT molecular complexity index is 367. The lowest BCUT2D eigenvalue weighted by Crippen LogP contribution is -2.42. The predicted octanol–water partition coefficient (Wildman–Crippen LogP) is 0.381. The maximum absolute atomic E-state index is 11.5. The molecule has 1 aromatic rings. The van der Waals surface area contributed by atoms with Crippen LogP contribution in [0.4, 0.5) is 4.79 Å². The average Bonchev–Trinajstić information content (AvgIpc) is 2.74. The molecule has 0 aliphatic heterocycles. The monoisotopic (exact) mass is 256 g/mol. The molecule has 1 aromatic heterocycles. The van der Waals surface area contributed by atoms with Crippen LogP contribution >= 0.6 is 0 Å². The smallest absolute Gasteiger partial charge is 0.315 e. The van der Waals surface area contributed by atoms with Crippen LogP contribution in [0.1, 0.15) is 31.5 Å². The number of carbonyl (C=O) groups excluding carboxylic acids is 1. The summed E-state index contributed by atoms with van der Waals surface area (Å²) in [6.45, 7) is 4.21. The van der Waals surface area contributed by atoms with Crippen molar-refractivity contribution >= 4 is 6.03 Å². The molecule has 0 saturated carbocycles. The first-order valence-electron chi connectivity index (χ1n) is 6.10. The van der Waals surface area contributed by atoms with Gasteiger partial charge in [0.2, 0.25) is 5.89 Å². The van der Waals surface area contributed by atoms with E-state index in [9.17, 15) is 4.79 Å². The van der Waals surface area contributed by atoms with Crippen molar-refractivity contribution in [1.82, 2.24) is 20.8 Å². The number of nitrogens with one attached hydrogen (secondary N) is 2. The highest BCUT2D eigenvalue weighted by Gasteiger charge is 2.09. The molecule has 0 bridgehead atoms. The number of urea groups is 1. The average molecular weight is 256 g/mol. The summed E-state index contributed by atoms with van der Waals surface area (Å²) in [5.41, 5.74) is 0. The highest BCUT2D eigenvalue weighted by atomic mass is 16.5. The number of aliphatic hydroxyl groups is 1. The fraction of sp³-hybridized carbons (Fsp3) is 0.727. The van der Waals surface area contributed by atoms with Crippen LogP contribution < -0.4 is 10.6 Å². The van der Waals surface area contributed by atoms with Gasteiger partial charge in [-0.15, -0.1) is 0 Å². The molecule has 102 valence electrons. The summed E-state index contributed by atoms with van der Waals surface area (Å²) in [4.78, 5) is 15.5. The van der Waals surface area contributed by atoms with Gasteiger partial charge in [0, 0.05) is 25.6 Å². The number of hydrogen-bond donors (Lipinski definition) is 3. The van der Waals surface area contributed by atoms with Gasteiger partial charge in [-0.25, -0.2) is 4.79 Å². The quantitative estimate of drug-likeness (QED) is 0.655. The molecule has 0 aromatic carbocycles. The molecule has 0 saturated heterocycles. The van der Waals surface area contributed by atoms with Gasteiger partial charge in [-0.1, -0.05) is 12.1 Å². The number of hydrogen-bond acceptors (Lipinski definition) is 5. The van der Waals surface area contributed by atoms with Gasteiger partial charge < -0.3 is 20.3 Å². The van der Waals surface area contributed by atoms with Crippen molar-refractivity contribution in [2.75, 3.05) is 13.2 Å². The Kier molecular flexibility index (Phi) is 6.13. The largest absolute Gasteiger partial charge is 0.396 e. The molecule has 0 spiro atoms. The second-order valence-corrected chi connectivity index (χ2v) is 4.00. The molecular weight excluding hydrogens is 236 g/mol. The molecule has 0 aliphatic carbocycles. The molecule has 2 amide bonds. The maximum Gasteiger partial charge on any atom is 0.315 e. The molecular formula is C11H20N4O3. The van der Waals surface area contributed by atoms with Gasteiger partial charge in [-0.2, -0.15) is 4.98 Å². The minimum absolute atomic E-state index is 0.000601. The van der Waals surface area contributed by atoms with Gasteiger partial charge in [0.1, 0.15) is 0 Å². The van der Waals surface area contributed by atoms with Crippen LogP contribution in [0, 0.1) is 6.92 Å². The number of nitrogens with zero attached hydrogens (tertiary/aromatic N) is 2. The molecule has 7 nitrogen and oxygen atoms in total. The van der Waals surface area contributed by atoms with Crippen molar-refractivity contribution in [2.45, 2.75) is 39.2 Å². The Balaban J connectivity index is 2.20. The Labute approximate surface area is 106 Å². The van der Waals surface area contributed by atoms with E-state index >= 15 is 0 Å². The van der Waals surface area contributed by atoms with E-state index in [2.05, 4.69) is 20.8 Å². The van der Waals surface area contributed by atoms with E-state index in [1.54, 1.807) is 6.92 Å². The third-order valence-electron chi connectivity index (χ3n) is 2.50. The maximum atomic E-state index is 11.5. The van der Waals surface area contributed by atoms with Crippen molar-refractivity contribution in [3.8, 4) is 0 Å². The van der Waals surface area contributed by atoms with Gasteiger partial charge in [-0.3, -0.25) is 0 Å². The van der Waals surface area contributed by atoms with Crippen LogP contribution in [-0.2, 0) is 6.42 Å². The standard InChI is InChI=1S/C11H20N4O3/c1-3-9(5-7-16)14-11(17)12-6-4-10-13-8(2)15-18-10/h9,16H,3-7H2,1-2H3,(H2,12,14,17). The minimum Gasteiger partial charge on any atom is -0.396 e. The van der Waals surface area contributed by atoms with Crippen LogP contribution in [0.2, 0.25) is 0 Å². The van der Waals surface area contributed by atoms with E-state index in [0.717, 1.165) is 6.42 Å². The van der Waals surface area contributed by atoms with Gasteiger partial charge >= 0.3 is 6.03 Å². The fourth-order valence-electron chi connectivity index (χ4n) is 1.50. The lowest BCUT2D eigenvalue weighted by atomic mass is 10.2. The lowest BCUT2D eigenvalue weighted by molar-refractivity contribution is 0.228. The SMILES string of the molecule is CCC(CCO)NC(=O)NCCc1nc(C)no1. The third kappa shape index (κ3) is 5.13. The van der Waals surface area contributed by atoms with E-state index in [1.807, 2.05) is 6.92 Å². The molecule has 7 heteroatoms. The summed E-state index contributed by atoms with van der Waals surface area (Å²) >= 11 is 0. The number of aliphatic hydroxyl groups excluding tert-OH is 1. The van der Waals surface area contributed by atoms with Crippen molar-refractivity contribution < 1.29 is 14.4 Å². The molecule has 1 rings (SSSR count). The van der Waals surface area contributed by atoms with E-state index in [0.29, 0.717) is 31.1 Å². The van der Waals surface area contributed by atoms with Crippen LogP contribution in [-0.4, -0.2) is 40.5 Å². The van der Waals surface area contributed by atoms with E-state index < -0.39 is 0 Å². The summed E-state index contributed by atoms with van der Waals surface area (Å²) in [6, 6.07) is -0.243. The highest BCUT2D eigenvalue weighted by molar-refractivity contribution is 5.74. The summed E-state index contributed by atoms with van der Waals surface area (Å²) in [7, 11) is 0. The summed E-state index contributed by atoms with van der Waals surface area (Å²) in [6.07, 6.45) is 1.86. The molecule has 0 radical (unpaired) electrons. The van der Waals surface area contributed by atoms with Gasteiger partial charge in [0.15, 0.2) is 5.82 Å². The Morgan fingerprint density at radius 1 is 1.56 bits per heavy atom. The third-order valence-corrected chi connectivity index (χ3v) is 2.50.